The molecule has 28 heteroatoms. The van der Waals surface area contributed by atoms with Gasteiger partial charge in [0.25, 0.3) is 11.8 Å². The summed E-state index contributed by atoms with van der Waals surface area (Å²) in [6.07, 6.45) is 7.95. The van der Waals surface area contributed by atoms with Crippen molar-refractivity contribution >= 4 is 105 Å². The van der Waals surface area contributed by atoms with Gasteiger partial charge in [-0.15, -0.1) is 0 Å². The molecule has 0 saturated carbocycles. The Morgan fingerprint density at radius 2 is 1.03 bits per heavy atom. The monoisotopic (exact) mass is 1510 g/mol. The van der Waals surface area contributed by atoms with Gasteiger partial charge < -0.3 is 58.9 Å². The number of rotatable bonds is 10. The molecule has 5 aliphatic rings. The molecule has 101 heavy (non-hydrogen) atoms. The Balaban J connectivity index is 0.000000216. The van der Waals surface area contributed by atoms with E-state index in [1.54, 1.807) is 123 Å². The quantitative estimate of drug-likeness (QED) is 0.0732. The predicted molar refractivity (Wildman–Crippen MR) is 395 cm³/mol. The lowest BCUT2D eigenvalue weighted by Crippen LogP contribution is -2.52. The van der Waals surface area contributed by atoms with Gasteiger partial charge in [0.2, 0.25) is 0 Å². The number of amides is 4. The molecule has 5 aliphatic heterocycles. The van der Waals surface area contributed by atoms with Crippen molar-refractivity contribution in [1.29, 1.82) is 0 Å². The molecule has 542 valence electrons. The second kappa shape index (κ2) is 29.9. The van der Waals surface area contributed by atoms with Gasteiger partial charge in [0.1, 0.15) is 61.7 Å². The number of hydrogen-bond acceptors (Lipinski definition) is 20. The summed E-state index contributed by atoms with van der Waals surface area (Å²) in [7, 11) is -0.710. The summed E-state index contributed by atoms with van der Waals surface area (Å²) in [4.78, 5) is 77.7. The van der Waals surface area contributed by atoms with E-state index in [9.17, 15) is 38.2 Å². The molecular formula is C73H94BF2IN12O12. The van der Waals surface area contributed by atoms with Crippen LogP contribution in [0, 0.1) is 15.3 Å². The van der Waals surface area contributed by atoms with Crippen LogP contribution in [0.3, 0.4) is 0 Å². The van der Waals surface area contributed by atoms with Gasteiger partial charge >= 0.3 is 19.3 Å². The van der Waals surface area contributed by atoms with Crippen LogP contribution >= 0.6 is 22.6 Å². The second-order valence-corrected chi connectivity index (χ2v) is 29.8. The summed E-state index contributed by atoms with van der Waals surface area (Å²) in [6, 6.07) is 20.3. The van der Waals surface area contributed by atoms with E-state index in [1.165, 1.54) is 24.3 Å². The van der Waals surface area contributed by atoms with Gasteiger partial charge in [-0.25, -0.2) is 48.1 Å². The van der Waals surface area contributed by atoms with Crippen molar-refractivity contribution in [1.82, 2.24) is 38.5 Å². The van der Waals surface area contributed by atoms with Gasteiger partial charge in [-0.05, 0) is 185 Å². The smallest absolute Gasteiger partial charge is 0.443 e. The highest BCUT2D eigenvalue weighted by Gasteiger charge is 2.54. The number of ether oxygens (including phenoxy) is 4. The van der Waals surface area contributed by atoms with Crippen LogP contribution in [0.5, 0.6) is 0 Å². The van der Waals surface area contributed by atoms with E-state index in [0.29, 0.717) is 113 Å². The third-order valence-electron chi connectivity index (χ3n) is 17.6. The van der Waals surface area contributed by atoms with Crippen molar-refractivity contribution in [3.63, 3.8) is 0 Å². The Labute approximate surface area is 603 Å². The summed E-state index contributed by atoms with van der Waals surface area (Å²) in [5, 5.41) is 27.4. The molecule has 13 rings (SSSR count). The van der Waals surface area contributed by atoms with E-state index >= 15 is 0 Å². The number of aliphatic hydroxyl groups is 2. The number of fused-ring (bicyclic) bond motifs is 4. The van der Waals surface area contributed by atoms with Crippen molar-refractivity contribution in [3.8, 4) is 11.3 Å². The van der Waals surface area contributed by atoms with Gasteiger partial charge in [-0.1, -0.05) is 34.4 Å². The zero-order valence-electron chi connectivity index (χ0n) is 57.4. The number of pyridine rings is 4. The van der Waals surface area contributed by atoms with Crippen LogP contribution < -0.4 is 25.9 Å². The number of nitrogens with zero attached hydrogens (tertiary/aromatic N) is 10. The highest BCUT2D eigenvalue weighted by molar-refractivity contribution is 14.1. The lowest BCUT2D eigenvalue weighted by atomic mass is 9.74. The van der Waals surface area contributed by atoms with Crippen molar-refractivity contribution in [2.75, 3.05) is 59.8 Å². The average Bonchev–Trinajstić information content (AvgIpc) is 1.60. The Morgan fingerprint density at radius 1 is 0.594 bits per heavy atom. The first-order valence-electron chi connectivity index (χ1n) is 32.2. The van der Waals surface area contributed by atoms with E-state index < -0.39 is 70.5 Å². The molecule has 0 aliphatic carbocycles. The number of carbonyl (C=O) groups excluding carboxylic acids is 4. The number of imidazole rings is 2. The lowest BCUT2D eigenvalue weighted by Gasteiger charge is -2.39. The number of hydrogen-bond donors (Lipinski definition) is 4. The topological polar surface area (TPSA) is 262 Å². The standard InChI is InChI=1S/C32H35FN6O5.C31H43BN4O7.C7H4FIN2.3CH4/c1-31(2,3)44-30(41)39-17-22-21(24-16-35-27-14-19(33)10-11-38(24)27)7-8-23(28(22)29(39)40)36-26-9-6-20(15-34-26)37-12-13-43-25(18-37)32(4,5)42;1-28(2,3)41-27(38)36-17-20-21(32-42-30(6,7)31(8,9)43-32)11-12-22(25(20)26(36)37)34-24-13-10-19(16-33-24)35-14-15-40-23(18-35)29(4,5)39;8-5-1-2-11-6(9)4-10-7(11)3-5;;;/h6-11,14-16,25,42H,12-13,17-18H2,1-5H3,(H,34,36);10-13,16,23,39H,14-15,17-18H2,1-9H3,(H,33,34);1-4H;3*1H4. The van der Waals surface area contributed by atoms with E-state index in [-0.39, 0.29) is 53.4 Å². The Morgan fingerprint density at radius 3 is 1.49 bits per heavy atom. The van der Waals surface area contributed by atoms with Crippen molar-refractivity contribution in [2.24, 2.45) is 0 Å². The second-order valence-electron chi connectivity index (χ2n) is 28.7. The van der Waals surface area contributed by atoms with Gasteiger partial charge in [-0.2, -0.15) is 0 Å². The first-order valence-corrected chi connectivity index (χ1v) is 33.3. The zero-order valence-corrected chi connectivity index (χ0v) is 59.5. The Hall–Kier alpha value is -8.39. The molecule has 2 unspecified atom stereocenters. The maximum atomic E-state index is 13.9. The van der Waals surface area contributed by atoms with Gasteiger partial charge in [0.15, 0.2) is 0 Å². The number of morpholine rings is 2. The van der Waals surface area contributed by atoms with E-state index in [2.05, 4.69) is 63.0 Å². The minimum Gasteiger partial charge on any atom is -0.443 e. The molecule has 0 radical (unpaired) electrons. The molecule has 3 saturated heterocycles. The molecule has 8 aromatic rings. The minimum atomic E-state index is -0.973. The molecular weight excluding hydrogens is 1410 g/mol. The summed E-state index contributed by atoms with van der Waals surface area (Å²) in [5.41, 5.74) is 3.15. The molecule has 2 aromatic carbocycles. The number of aromatic nitrogens is 6. The molecule has 2 atom stereocenters. The fraction of sp³-hybridized carbons (Fsp3) is 0.452. The van der Waals surface area contributed by atoms with Crippen molar-refractivity contribution in [2.45, 2.75) is 178 Å². The fourth-order valence-electron chi connectivity index (χ4n) is 11.7. The SMILES string of the molecule is C.C.C.CC(C)(C)OC(=O)N1Cc2c(-c3cnc4cc(F)ccn34)ccc(Nc3ccc(N4CCOC(C(C)(C)O)C4)cn3)c2C1=O.CC(C)(C)OC(=O)N1Cc2c(B3OC(C)(C)C(C)(C)O3)ccc(Nc3ccc(N4CCOC(C(C)(C)O)C4)cn3)c2C1=O.Fc1ccn2c(I)cnc2c1. The number of anilines is 6. The highest BCUT2D eigenvalue weighted by Crippen LogP contribution is 2.42. The van der Waals surface area contributed by atoms with Crippen LogP contribution in [0.2, 0.25) is 0 Å². The van der Waals surface area contributed by atoms with Crippen LogP contribution in [0.4, 0.5) is 52.8 Å². The molecule has 3 fully saturated rings. The van der Waals surface area contributed by atoms with Crippen molar-refractivity contribution < 1.29 is 66.4 Å². The predicted octanol–water partition coefficient (Wildman–Crippen LogP) is 13.1. The minimum absolute atomic E-state index is 0. The molecule has 4 N–H and O–H groups in total. The lowest BCUT2D eigenvalue weighted by molar-refractivity contribution is -0.0928. The van der Waals surface area contributed by atoms with E-state index in [1.807, 2.05) is 68.5 Å². The van der Waals surface area contributed by atoms with Gasteiger partial charge in [0.05, 0.1) is 113 Å². The molecule has 11 heterocycles. The molecule has 0 bridgehead atoms. The number of nitrogens with one attached hydrogen (secondary N) is 2. The van der Waals surface area contributed by atoms with Gasteiger partial charge in [-0.3, -0.25) is 18.4 Å². The number of imide groups is 2. The summed E-state index contributed by atoms with van der Waals surface area (Å²) in [6.45, 7) is 28.8. The molecule has 4 amide bonds. The summed E-state index contributed by atoms with van der Waals surface area (Å²) >= 11 is 2.14. The number of carbonyl (C=O) groups is 4. The van der Waals surface area contributed by atoms with Crippen LogP contribution in [0.1, 0.15) is 151 Å². The third-order valence-corrected chi connectivity index (χ3v) is 18.4. The Kier molecular flexibility index (Phi) is 23.2. The average molecular weight is 1510 g/mol. The number of halogens is 3. The first kappa shape index (κ1) is 78.3. The van der Waals surface area contributed by atoms with Crippen LogP contribution in [0.25, 0.3) is 22.6 Å². The maximum Gasteiger partial charge on any atom is 0.495 e. The van der Waals surface area contributed by atoms with Crippen molar-refractivity contribution in [3.05, 3.63) is 148 Å². The van der Waals surface area contributed by atoms with E-state index in [0.717, 1.165) is 24.9 Å². The number of benzene rings is 2. The Bertz CT molecular complexity index is 4320. The van der Waals surface area contributed by atoms with Crippen LogP contribution in [-0.2, 0) is 41.3 Å². The van der Waals surface area contributed by atoms with Crippen LogP contribution in [-0.4, -0.2) is 165 Å². The normalized spacial score (nSPS) is 17.9. The largest absolute Gasteiger partial charge is 0.495 e. The highest BCUT2D eigenvalue weighted by atomic mass is 127. The molecule has 24 nitrogen and oxygen atoms in total. The third kappa shape index (κ3) is 17.2. The van der Waals surface area contributed by atoms with E-state index in [4.69, 9.17) is 28.3 Å². The van der Waals surface area contributed by atoms with Crippen LogP contribution in [0.15, 0.2) is 110 Å². The maximum absolute atomic E-state index is 13.9. The summed E-state index contributed by atoms with van der Waals surface area (Å²) in [5.74, 6) is -0.585. The molecule has 0 spiro atoms. The summed E-state index contributed by atoms with van der Waals surface area (Å²) < 4.78 is 66.2. The van der Waals surface area contributed by atoms with Gasteiger partial charge in [0, 0.05) is 56.3 Å². The first-order chi connectivity index (χ1) is 45.9. The molecule has 6 aromatic heterocycles. The zero-order chi connectivity index (χ0) is 70.8. The fourth-order valence-corrected chi connectivity index (χ4v) is 12.3.